The van der Waals surface area contributed by atoms with E-state index >= 15 is 0 Å². The Morgan fingerprint density at radius 2 is 1.86 bits per heavy atom. The quantitative estimate of drug-likeness (QED) is 0.824. The van der Waals surface area contributed by atoms with Crippen molar-refractivity contribution in [3.63, 3.8) is 0 Å². The van der Waals surface area contributed by atoms with Gasteiger partial charge in [-0.1, -0.05) is 12.8 Å². The number of pyridine rings is 1. The lowest BCUT2D eigenvalue weighted by Crippen LogP contribution is -3.23. The van der Waals surface area contributed by atoms with Gasteiger partial charge in [-0.3, -0.25) is 4.98 Å². The minimum Gasteiger partial charge on any atom is -0.325 e. The third kappa shape index (κ3) is 3.16. The second-order valence-electron chi connectivity index (χ2n) is 6.75. The van der Waals surface area contributed by atoms with E-state index in [1.165, 1.54) is 76.8 Å². The second kappa shape index (κ2) is 7.21. The third-order valence-electron chi connectivity index (χ3n) is 5.45. The lowest BCUT2D eigenvalue weighted by Gasteiger charge is -2.43. The van der Waals surface area contributed by atoms with E-state index in [0.29, 0.717) is 11.1 Å². The van der Waals surface area contributed by atoms with E-state index in [9.17, 15) is 0 Å². The number of aromatic nitrogens is 1. The first-order chi connectivity index (χ1) is 10.8. The molecule has 0 saturated carbocycles. The molecule has 4 heteroatoms. The molecule has 118 valence electrons. The predicted octanol–water partition coefficient (Wildman–Crippen LogP) is 1.38. The van der Waals surface area contributed by atoms with Crippen LogP contribution in [0, 0.1) is 11.3 Å². The topological polar surface area (TPSA) is 53.1 Å². The second-order valence-corrected chi connectivity index (χ2v) is 6.75. The number of rotatable bonds is 1. The average molecular weight is 299 g/mol. The fourth-order valence-electron chi connectivity index (χ4n) is 4.03. The van der Waals surface area contributed by atoms with Crippen LogP contribution in [0.4, 0.5) is 0 Å². The van der Waals surface area contributed by atoms with Crippen molar-refractivity contribution in [2.75, 3.05) is 26.2 Å². The maximum absolute atomic E-state index is 8.73. The summed E-state index contributed by atoms with van der Waals surface area (Å²) in [4.78, 5) is 6.16. The van der Waals surface area contributed by atoms with E-state index in [1.807, 2.05) is 12.1 Å². The van der Waals surface area contributed by atoms with Gasteiger partial charge in [0.1, 0.15) is 17.3 Å². The number of nitrogens with zero attached hydrogens (tertiary/aromatic N) is 2. The Bertz CT molecular complexity index is 499. The molecule has 0 radical (unpaired) electrons. The first-order valence-corrected chi connectivity index (χ1v) is 8.78. The Hall–Kier alpha value is -1.44. The Kier molecular flexibility index (Phi) is 5.07. The van der Waals surface area contributed by atoms with Crippen LogP contribution >= 0.6 is 0 Å². The van der Waals surface area contributed by atoms with Gasteiger partial charge in [0, 0.05) is 19.0 Å². The average Bonchev–Trinajstić information content (AvgIpc) is 2.78. The van der Waals surface area contributed by atoms with E-state index in [2.05, 4.69) is 16.4 Å². The minimum atomic E-state index is 0.313. The molecule has 0 aliphatic carbocycles. The van der Waals surface area contributed by atoms with Gasteiger partial charge in [-0.25, -0.2) is 0 Å². The van der Waals surface area contributed by atoms with E-state index in [1.54, 1.807) is 11.1 Å². The van der Waals surface area contributed by atoms with Gasteiger partial charge in [-0.2, -0.15) is 5.26 Å². The molecule has 3 saturated heterocycles. The molecule has 3 aliphatic heterocycles. The third-order valence-corrected chi connectivity index (χ3v) is 5.45. The van der Waals surface area contributed by atoms with Crippen LogP contribution in [0.25, 0.3) is 0 Å². The molecule has 0 amide bonds. The van der Waals surface area contributed by atoms with Crippen LogP contribution in [0.15, 0.2) is 18.3 Å². The molecular weight excluding hydrogens is 272 g/mol. The molecule has 0 bridgehead atoms. The van der Waals surface area contributed by atoms with Crippen LogP contribution in [0.3, 0.4) is 0 Å². The molecule has 3 aliphatic rings. The smallest absolute Gasteiger partial charge is 0.146 e. The highest BCUT2D eigenvalue weighted by atomic mass is 15.3. The number of fused-ring (bicyclic) bond motifs is 1. The zero-order valence-corrected chi connectivity index (χ0v) is 13.4. The summed E-state index contributed by atoms with van der Waals surface area (Å²) >= 11 is 0. The molecule has 4 rings (SSSR count). The first kappa shape index (κ1) is 15.5. The van der Waals surface area contributed by atoms with Gasteiger partial charge in [0.2, 0.25) is 0 Å². The molecule has 22 heavy (non-hydrogen) atoms. The highest BCUT2D eigenvalue weighted by Crippen LogP contribution is 2.33. The van der Waals surface area contributed by atoms with Crippen molar-refractivity contribution in [2.45, 2.75) is 50.5 Å². The van der Waals surface area contributed by atoms with E-state index in [4.69, 9.17) is 5.26 Å². The van der Waals surface area contributed by atoms with Crippen molar-refractivity contribution in [1.82, 2.24) is 10.3 Å². The number of nitrogens with one attached hydrogen (secondary N) is 2. The molecule has 0 aromatic carbocycles. The summed E-state index contributed by atoms with van der Waals surface area (Å²) < 4.78 is 0. The summed E-state index contributed by atoms with van der Waals surface area (Å²) in [6.45, 7) is 5.09. The van der Waals surface area contributed by atoms with Crippen LogP contribution in [0.2, 0.25) is 0 Å². The number of quaternary nitrogens is 1. The molecule has 0 spiro atoms. The zero-order valence-electron chi connectivity index (χ0n) is 13.4. The molecule has 1 aromatic rings. The van der Waals surface area contributed by atoms with Crippen molar-refractivity contribution in [3.05, 3.63) is 29.6 Å². The molecule has 4 heterocycles. The van der Waals surface area contributed by atoms with Crippen LogP contribution < -0.4 is 10.2 Å². The standard InChI is InChI=1S/C12H13N3.C6H13N/c13-8-10-2-3-11(14-9-10)12-4-1-6-15(12)7-5-12;1-2-4-6-7-5-3-1/h2-3,9H,1,4-7H2;7H,1-6H2/p+1. The molecule has 4 nitrogen and oxygen atoms in total. The van der Waals surface area contributed by atoms with Crippen LogP contribution in [0.5, 0.6) is 0 Å². The lowest BCUT2D eigenvalue weighted by molar-refractivity contribution is -0.992. The van der Waals surface area contributed by atoms with Crippen molar-refractivity contribution in [1.29, 1.82) is 5.26 Å². The van der Waals surface area contributed by atoms with Crippen molar-refractivity contribution in [3.8, 4) is 6.07 Å². The Balaban J connectivity index is 0.000000174. The van der Waals surface area contributed by atoms with Crippen molar-refractivity contribution >= 4 is 0 Å². The van der Waals surface area contributed by atoms with Gasteiger partial charge in [-0.15, -0.1) is 0 Å². The van der Waals surface area contributed by atoms with Crippen LogP contribution in [0.1, 0.15) is 56.2 Å². The zero-order chi connectivity index (χ0) is 15.3. The Labute approximate surface area is 133 Å². The molecule has 1 aromatic heterocycles. The first-order valence-electron chi connectivity index (χ1n) is 8.78. The summed E-state index contributed by atoms with van der Waals surface area (Å²) in [7, 11) is 0. The minimum absolute atomic E-state index is 0.313. The number of hydrogen-bond acceptors (Lipinski definition) is 3. The fourth-order valence-corrected chi connectivity index (χ4v) is 4.03. The Morgan fingerprint density at radius 3 is 2.41 bits per heavy atom. The van der Waals surface area contributed by atoms with Gasteiger partial charge in [0.05, 0.1) is 25.1 Å². The number of hydrogen-bond donors (Lipinski definition) is 2. The SMILES string of the molecule is C1CCCNCC1.N#Cc1ccc(C23CCC[NH+]2CC3)nc1. The van der Waals surface area contributed by atoms with Gasteiger partial charge < -0.3 is 10.2 Å². The van der Waals surface area contributed by atoms with Crippen LogP contribution in [-0.4, -0.2) is 31.2 Å². The largest absolute Gasteiger partial charge is 0.325 e. The monoisotopic (exact) mass is 299 g/mol. The maximum Gasteiger partial charge on any atom is 0.146 e. The predicted molar refractivity (Wildman–Crippen MR) is 86.5 cm³/mol. The molecule has 3 fully saturated rings. The van der Waals surface area contributed by atoms with Crippen LogP contribution in [-0.2, 0) is 5.54 Å². The van der Waals surface area contributed by atoms with Gasteiger partial charge in [0.15, 0.2) is 0 Å². The van der Waals surface area contributed by atoms with Gasteiger partial charge in [0.25, 0.3) is 0 Å². The summed E-state index contributed by atoms with van der Waals surface area (Å²) in [5.41, 5.74) is 2.17. The summed E-state index contributed by atoms with van der Waals surface area (Å²) in [6.07, 6.45) is 11.2. The summed E-state index contributed by atoms with van der Waals surface area (Å²) in [5, 5.41) is 12.1. The highest BCUT2D eigenvalue weighted by Gasteiger charge is 2.54. The van der Waals surface area contributed by atoms with Gasteiger partial charge in [-0.05, 0) is 38.1 Å². The molecule has 2 atom stereocenters. The molecule has 2 unspecified atom stereocenters. The summed E-state index contributed by atoms with van der Waals surface area (Å²) in [5.74, 6) is 0. The van der Waals surface area contributed by atoms with E-state index in [0.717, 1.165) is 0 Å². The molecular formula is C18H27N4+. The lowest BCUT2D eigenvalue weighted by atomic mass is 9.81. The molecule has 2 N–H and O–H groups in total. The van der Waals surface area contributed by atoms with E-state index < -0.39 is 0 Å². The maximum atomic E-state index is 8.73. The number of nitriles is 1. The normalized spacial score (nSPS) is 30.0. The van der Waals surface area contributed by atoms with Crippen molar-refractivity contribution in [2.24, 2.45) is 0 Å². The Morgan fingerprint density at radius 1 is 1.05 bits per heavy atom. The van der Waals surface area contributed by atoms with E-state index in [-0.39, 0.29) is 0 Å². The summed E-state index contributed by atoms with van der Waals surface area (Å²) in [6, 6.07) is 6.06. The van der Waals surface area contributed by atoms with Crippen molar-refractivity contribution < 1.29 is 4.90 Å². The van der Waals surface area contributed by atoms with Gasteiger partial charge >= 0.3 is 0 Å². The fraction of sp³-hybridized carbons (Fsp3) is 0.667. The highest BCUT2D eigenvalue weighted by molar-refractivity contribution is 5.28.